The van der Waals surface area contributed by atoms with Crippen molar-refractivity contribution < 1.29 is 14.6 Å². The van der Waals surface area contributed by atoms with Crippen LogP contribution in [0.5, 0.6) is 11.5 Å². The Bertz CT molecular complexity index is 593. The number of rotatable bonds is 5. The summed E-state index contributed by atoms with van der Waals surface area (Å²) in [5.74, 6) is 0.527. The molecule has 1 atom stereocenters. The Kier molecular flexibility index (Phi) is 4.38. The number of carbonyl (C=O) groups is 1. The molecule has 4 nitrogen and oxygen atoms in total. The topological polar surface area (TPSA) is 72.5 Å². The Morgan fingerprint density at radius 1 is 1.20 bits per heavy atom. The van der Waals surface area contributed by atoms with Crippen molar-refractivity contribution in [3.63, 3.8) is 0 Å². The zero-order valence-corrected chi connectivity index (χ0v) is 11.2. The molecular weight excluding hydrogens is 254 g/mol. The molecule has 2 aromatic carbocycles. The molecule has 0 bridgehead atoms. The standard InChI is InChI=1S/C16H17NO3/c1-11-4-2-3-5-15(11)20-13-8-6-12(7-9-13)10-14(17)16(18)19/h2-9,14H,10,17H2,1H3,(H,18,19). The van der Waals surface area contributed by atoms with Crippen LogP contribution in [0.2, 0.25) is 0 Å². The third kappa shape index (κ3) is 3.59. The molecule has 20 heavy (non-hydrogen) atoms. The van der Waals surface area contributed by atoms with Crippen LogP contribution in [-0.4, -0.2) is 17.1 Å². The molecule has 0 aliphatic carbocycles. The molecule has 2 aromatic rings. The van der Waals surface area contributed by atoms with Crippen molar-refractivity contribution in [2.45, 2.75) is 19.4 Å². The number of ether oxygens (including phenoxy) is 1. The van der Waals surface area contributed by atoms with Gasteiger partial charge in [0.15, 0.2) is 0 Å². The summed E-state index contributed by atoms with van der Waals surface area (Å²) in [6.45, 7) is 1.98. The van der Waals surface area contributed by atoms with Gasteiger partial charge < -0.3 is 15.6 Å². The summed E-state index contributed by atoms with van der Waals surface area (Å²) in [5.41, 5.74) is 7.43. The van der Waals surface area contributed by atoms with Gasteiger partial charge in [-0.05, 0) is 42.7 Å². The van der Waals surface area contributed by atoms with Gasteiger partial charge in [-0.2, -0.15) is 0 Å². The molecule has 0 saturated carbocycles. The highest BCUT2D eigenvalue weighted by atomic mass is 16.5. The second kappa shape index (κ2) is 6.21. The lowest BCUT2D eigenvalue weighted by molar-refractivity contribution is -0.138. The van der Waals surface area contributed by atoms with Crippen molar-refractivity contribution in [2.24, 2.45) is 5.73 Å². The first kappa shape index (κ1) is 14.1. The molecule has 3 N–H and O–H groups in total. The van der Waals surface area contributed by atoms with E-state index in [1.807, 2.05) is 55.5 Å². The third-order valence-electron chi connectivity index (χ3n) is 3.02. The molecule has 0 aliphatic rings. The smallest absolute Gasteiger partial charge is 0.320 e. The Balaban J connectivity index is 2.05. The molecule has 0 amide bonds. The number of nitrogens with two attached hydrogens (primary N) is 1. The summed E-state index contributed by atoms with van der Waals surface area (Å²) in [6.07, 6.45) is 0.306. The average molecular weight is 271 g/mol. The SMILES string of the molecule is Cc1ccccc1Oc1ccc(CC(N)C(=O)O)cc1. The van der Waals surface area contributed by atoms with Gasteiger partial charge in [0.1, 0.15) is 17.5 Å². The predicted octanol–water partition coefficient (Wildman–Crippen LogP) is 2.74. The largest absolute Gasteiger partial charge is 0.480 e. The van der Waals surface area contributed by atoms with Crippen molar-refractivity contribution in [1.82, 2.24) is 0 Å². The first-order valence-electron chi connectivity index (χ1n) is 6.37. The molecule has 2 rings (SSSR count). The zero-order valence-electron chi connectivity index (χ0n) is 11.2. The fourth-order valence-corrected chi connectivity index (χ4v) is 1.83. The molecule has 0 fully saturated rings. The van der Waals surface area contributed by atoms with Crippen molar-refractivity contribution in [1.29, 1.82) is 0 Å². The zero-order chi connectivity index (χ0) is 14.5. The predicted molar refractivity (Wildman–Crippen MR) is 77.0 cm³/mol. The van der Waals surface area contributed by atoms with E-state index in [0.29, 0.717) is 12.2 Å². The lowest BCUT2D eigenvalue weighted by atomic mass is 10.1. The van der Waals surface area contributed by atoms with E-state index < -0.39 is 12.0 Å². The van der Waals surface area contributed by atoms with Crippen LogP contribution in [0.25, 0.3) is 0 Å². The van der Waals surface area contributed by atoms with Crippen LogP contribution in [0, 0.1) is 6.92 Å². The number of para-hydroxylation sites is 1. The molecule has 104 valence electrons. The summed E-state index contributed by atoms with van der Waals surface area (Å²) in [4.78, 5) is 10.7. The molecule has 0 radical (unpaired) electrons. The Hall–Kier alpha value is -2.33. The van der Waals surface area contributed by atoms with Crippen LogP contribution >= 0.6 is 0 Å². The number of aryl methyl sites for hydroxylation is 1. The van der Waals surface area contributed by atoms with Crippen LogP contribution in [0.1, 0.15) is 11.1 Å². The fraction of sp³-hybridized carbons (Fsp3) is 0.188. The summed E-state index contributed by atoms with van der Waals surface area (Å²) < 4.78 is 5.77. The van der Waals surface area contributed by atoms with Gasteiger partial charge in [-0.3, -0.25) is 4.79 Å². The maximum Gasteiger partial charge on any atom is 0.320 e. The maximum absolute atomic E-state index is 10.7. The number of carboxylic acid groups (broad SMARTS) is 1. The van der Waals surface area contributed by atoms with Gasteiger partial charge in [0.2, 0.25) is 0 Å². The molecular formula is C16H17NO3. The highest BCUT2D eigenvalue weighted by molar-refractivity contribution is 5.73. The molecule has 4 heteroatoms. The highest BCUT2D eigenvalue weighted by Gasteiger charge is 2.11. The van der Waals surface area contributed by atoms with Gasteiger partial charge in [0.25, 0.3) is 0 Å². The van der Waals surface area contributed by atoms with E-state index >= 15 is 0 Å². The summed E-state index contributed by atoms with van der Waals surface area (Å²) in [6, 6.07) is 14.2. The van der Waals surface area contributed by atoms with E-state index in [9.17, 15) is 4.79 Å². The molecule has 0 aliphatic heterocycles. The third-order valence-corrected chi connectivity index (χ3v) is 3.02. The average Bonchev–Trinajstić information content (AvgIpc) is 2.43. The Morgan fingerprint density at radius 3 is 2.45 bits per heavy atom. The minimum Gasteiger partial charge on any atom is -0.480 e. The monoisotopic (exact) mass is 271 g/mol. The van der Waals surface area contributed by atoms with E-state index in [-0.39, 0.29) is 0 Å². The number of aliphatic carboxylic acids is 1. The van der Waals surface area contributed by atoms with Gasteiger partial charge in [-0.15, -0.1) is 0 Å². The number of hydrogen-bond acceptors (Lipinski definition) is 3. The molecule has 0 aromatic heterocycles. The molecule has 0 heterocycles. The van der Waals surface area contributed by atoms with Gasteiger partial charge in [-0.25, -0.2) is 0 Å². The minimum atomic E-state index is -0.995. The van der Waals surface area contributed by atoms with Crippen LogP contribution in [-0.2, 0) is 11.2 Å². The molecule has 0 spiro atoms. The van der Waals surface area contributed by atoms with Gasteiger partial charge in [-0.1, -0.05) is 30.3 Å². The Labute approximate surface area is 117 Å². The Morgan fingerprint density at radius 2 is 1.85 bits per heavy atom. The summed E-state index contributed by atoms with van der Waals surface area (Å²) in [5, 5.41) is 8.77. The van der Waals surface area contributed by atoms with E-state index in [1.165, 1.54) is 0 Å². The number of hydrogen-bond donors (Lipinski definition) is 2. The maximum atomic E-state index is 10.7. The van der Waals surface area contributed by atoms with Crippen LogP contribution in [0.3, 0.4) is 0 Å². The van der Waals surface area contributed by atoms with Crippen molar-refractivity contribution in [3.8, 4) is 11.5 Å². The quantitative estimate of drug-likeness (QED) is 0.877. The van der Waals surface area contributed by atoms with Crippen LogP contribution < -0.4 is 10.5 Å². The summed E-state index contributed by atoms with van der Waals surface area (Å²) >= 11 is 0. The van der Waals surface area contributed by atoms with Crippen LogP contribution in [0.15, 0.2) is 48.5 Å². The van der Waals surface area contributed by atoms with Crippen LogP contribution in [0.4, 0.5) is 0 Å². The number of carboxylic acids is 1. The second-order valence-corrected chi connectivity index (χ2v) is 4.66. The molecule has 1 unspecified atom stereocenters. The lowest BCUT2D eigenvalue weighted by Crippen LogP contribution is -2.32. The van der Waals surface area contributed by atoms with E-state index in [2.05, 4.69) is 0 Å². The summed E-state index contributed by atoms with van der Waals surface area (Å²) in [7, 11) is 0. The van der Waals surface area contributed by atoms with Crippen molar-refractivity contribution in [2.75, 3.05) is 0 Å². The number of benzene rings is 2. The van der Waals surface area contributed by atoms with Crippen molar-refractivity contribution in [3.05, 3.63) is 59.7 Å². The van der Waals surface area contributed by atoms with E-state index in [1.54, 1.807) is 0 Å². The minimum absolute atomic E-state index is 0.306. The lowest BCUT2D eigenvalue weighted by Gasteiger charge is -2.10. The first-order chi connectivity index (χ1) is 9.56. The second-order valence-electron chi connectivity index (χ2n) is 4.66. The van der Waals surface area contributed by atoms with Gasteiger partial charge in [0, 0.05) is 0 Å². The molecule has 0 saturated heterocycles. The van der Waals surface area contributed by atoms with Gasteiger partial charge >= 0.3 is 5.97 Å². The highest BCUT2D eigenvalue weighted by Crippen LogP contribution is 2.24. The first-order valence-corrected chi connectivity index (χ1v) is 6.37. The van der Waals surface area contributed by atoms with Crippen molar-refractivity contribution >= 4 is 5.97 Å². The fourth-order valence-electron chi connectivity index (χ4n) is 1.83. The van der Waals surface area contributed by atoms with E-state index in [4.69, 9.17) is 15.6 Å². The van der Waals surface area contributed by atoms with E-state index in [0.717, 1.165) is 16.9 Å². The normalized spacial score (nSPS) is 11.9. The van der Waals surface area contributed by atoms with Gasteiger partial charge in [0.05, 0.1) is 0 Å².